The summed E-state index contributed by atoms with van der Waals surface area (Å²) in [5, 5.41) is 0. The molecule has 0 bridgehead atoms. The lowest BCUT2D eigenvalue weighted by molar-refractivity contribution is -0.135. The molecular weight excluding hydrogens is 340 g/mol. The molecule has 0 aliphatic carbocycles. The lowest BCUT2D eigenvalue weighted by Crippen LogP contribution is -2.51. The number of benzene rings is 2. The standard InChI is InChI=1S/C18H18N2O6/c1-23-12-6-2-3-7-13(12)25-11-17(21)19-20-18(22)16-10-24-14-8-4-5-9-15(14)26-16/h2-9,16H,10-11H2,1H3,(H,19,21)(H,20,22)/t16-/m1/s1. The molecule has 0 unspecified atom stereocenters. The molecule has 2 N–H and O–H groups in total. The molecule has 1 aliphatic heterocycles. The number of hydrazine groups is 1. The number of ether oxygens (including phenoxy) is 4. The number of hydrogen-bond donors (Lipinski definition) is 2. The van der Waals surface area contributed by atoms with E-state index in [1.54, 1.807) is 42.5 Å². The third-order valence-electron chi connectivity index (χ3n) is 3.55. The van der Waals surface area contributed by atoms with Crippen molar-refractivity contribution in [3.05, 3.63) is 48.5 Å². The Labute approximate surface area is 150 Å². The maximum Gasteiger partial charge on any atom is 0.283 e. The topological polar surface area (TPSA) is 95.1 Å². The van der Waals surface area contributed by atoms with Crippen LogP contribution in [0.2, 0.25) is 0 Å². The van der Waals surface area contributed by atoms with Gasteiger partial charge in [0.15, 0.2) is 29.6 Å². The fourth-order valence-corrected chi connectivity index (χ4v) is 2.28. The van der Waals surface area contributed by atoms with Crippen molar-refractivity contribution in [3.63, 3.8) is 0 Å². The largest absolute Gasteiger partial charge is 0.493 e. The van der Waals surface area contributed by atoms with Gasteiger partial charge in [-0.05, 0) is 24.3 Å². The molecule has 1 heterocycles. The van der Waals surface area contributed by atoms with Crippen molar-refractivity contribution in [1.29, 1.82) is 0 Å². The second-order valence-electron chi connectivity index (χ2n) is 5.34. The molecular formula is C18H18N2O6. The highest BCUT2D eigenvalue weighted by Gasteiger charge is 2.27. The molecule has 8 heteroatoms. The number of carbonyl (C=O) groups is 2. The first-order valence-corrected chi connectivity index (χ1v) is 7.90. The second kappa shape index (κ2) is 8.11. The van der Waals surface area contributed by atoms with E-state index in [0.717, 1.165) is 0 Å². The molecule has 2 amide bonds. The van der Waals surface area contributed by atoms with Gasteiger partial charge in [-0.15, -0.1) is 0 Å². The average molecular weight is 358 g/mol. The monoisotopic (exact) mass is 358 g/mol. The van der Waals surface area contributed by atoms with Crippen LogP contribution in [0.3, 0.4) is 0 Å². The van der Waals surface area contributed by atoms with Gasteiger partial charge in [0.05, 0.1) is 7.11 Å². The molecule has 0 saturated carbocycles. The molecule has 26 heavy (non-hydrogen) atoms. The highest BCUT2D eigenvalue weighted by molar-refractivity contribution is 5.85. The zero-order valence-electron chi connectivity index (χ0n) is 14.1. The number of nitrogens with one attached hydrogen (secondary N) is 2. The minimum absolute atomic E-state index is 0.0520. The Kier molecular flexibility index (Phi) is 5.43. The number of para-hydroxylation sites is 4. The van der Waals surface area contributed by atoms with Crippen molar-refractivity contribution >= 4 is 11.8 Å². The van der Waals surface area contributed by atoms with Crippen LogP contribution in [0.1, 0.15) is 0 Å². The zero-order valence-corrected chi connectivity index (χ0v) is 14.1. The van der Waals surface area contributed by atoms with Gasteiger partial charge in [-0.1, -0.05) is 24.3 Å². The van der Waals surface area contributed by atoms with Crippen LogP contribution in [-0.4, -0.2) is 38.2 Å². The minimum Gasteiger partial charge on any atom is -0.493 e. The van der Waals surface area contributed by atoms with Crippen molar-refractivity contribution in [2.45, 2.75) is 6.10 Å². The van der Waals surface area contributed by atoms with Gasteiger partial charge in [-0.3, -0.25) is 20.4 Å². The number of methoxy groups -OCH3 is 1. The van der Waals surface area contributed by atoms with Crippen LogP contribution in [-0.2, 0) is 9.59 Å². The van der Waals surface area contributed by atoms with E-state index < -0.39 is 17.9 Å². The van der Waals surface area contributed by atoms with E-state index in [1.165, 1.54) is 7.11 Å². The Hall–Kier alpha value is -3.42. The molecule has 0 aromatic heterocycles. The van der Waals surface area contributed by atoms with Crippen molar-refractivity contribution < 1.29 is 28.5 Å². The van der Waals surface area contributed by atoms with Crippen LogP contribution in [0.25, 0.3) is 0 Å². The van der Waals surface area contributed by atoms with E-state index in [-0.39, 0.29) is 13.2 Å². The first kappa shape index (κ1) is 17.4. The third-order valence-corrected chi connectivity index (χ3v) is 3.55. The third kappa shape index (κ3) is 4.15. The van der Waals surface area contributed by atoms with Gasteiger partial charge in [-0.25, -0.2) is 0 Å². The molecule has 1 atom stereocenters. The Morgan fingerprint density at radius 3 is 2.50 bits per heavy atom. The molecule has 2 aromatic carbocycles. The van der Waals surface area contributed by atoms with E-state index in [0.29, 0.717) is 23.0 Å². The normalized spacial score (nSPS) is 14.9. The van der Waals surface area contributed by atoms with Crippen LogP contribution >= 0.6 is 0 Å². The fraction of sp³-hybridized carbons (Fsp3) is 0.222. The van der Waals surface area contributed by atoms with Crippen LogP contribution in [0.15, 0.2) is 48.5 Å². The first-order chi connectivity index (χ1) is 12.7. The van der Waals surface area contributed by atoms with E-state index in [4.69, 9.17) is 18.9 Å². The fourth-order valence-electron chi connectivity index (χ4n) is 2.28. The van der Waals surface area contributed by atoms with E-state index in [2.05, 4.69) is 10.9 Å². The smallest absolute Gasteiger partial charge is 0.283 e. The quantitative estimate of drug-likeness (QED) is 0.776. The van der Waals surface area contributed by atoms with Gasteiger partial charge in [0.1, 0.15) is 6.61 Å². The first-order valence-electron chi connectivity index (χ1n) is 7.90. The summed E-state index contributed by atoms with van der Waals surface area (Å²) in [7, 11) is 1.51. The number of carbonyl (C=O) groups excluding carboxylic acids is 2. The van der Waals surface area contributed by atoms with Crippen molar-refractivity contribution in [2.75, 3.05) is 20.3 Å². The zero-order chi connectivity index (χ0) is 18.4. The van der Waals surface area contributed by atoms with Crippen molar-refractivity contribution in [2.24, 2.45) is 0 Å². The second-order valence-corrected chi connectivity index (χ2v) is 5.34. The highest BCUT2D eigenvalue weighted by atomic mass is 16.6. The molecule has 0 fully saturated rings. The predicted octanol–water partition coefficient (Wildman–Crippen LogP) is 1.06. The Balaban J connectivity index is 1.45. The maximum atomic E-state index is 12.1. The summed E-state index contributed by atoms with van der Waals surface area (Å²) in [6.07, 6.45) is -0.861. The molecule has 2 aromatic rings. The summed E-state index contributed by atoms with van der Waals surface area (Å²) in [5.41, 5.74) is 4.56. The van der Waals surface area contributed by atoms with Crippen LogP contribution in [0.4, 0.5) is 0 Å². The summed E-state index contributed by atoms with van der Waals surface area (Å²) in [6.45, 7) is -0.234. The SMILES string of the molecule is COc1ccccc1OCC(=O)NNC(=O)[C@H]1COc2ccccc2O1. The highest BCUT2D eigenvalue weighted by Crippen LogP contribution is 2.30. The summed E-state index contributed by atoms with van der Waals surface area (Å²) >= 11 is 0. The van der Waals surface area contributed by atoms with Gasteiger partial charge >= 0.3 is 0 Å². The van der Waals surface area contributed by atoms with Gasteiger partial charge < -0.3 is 18.9 Å². The number of amides is 2. The molecule has 136 valence electrons. The predicted molar refractivity (Wildman–Crippen MR) is 91.1 cm³/mol. The Morgan fingerprint density at radius 1 is 1.04 bits per heavy atom. The molecule has 8 nitrogen and oxygen atoms in total. The lowest BCUT2D eigenvalue weighted by atomic mass is 10.2. The van der Waals surface area contributed by atoms with Crippen molar-refractivity contribution in [1.82, 2.24) is 10.9 Å². The molecule has 0 spiro atoms. The number of rotatable bonds is 5. The molecule has 0 radical (unpaired) electrons. The lowest BCUT2D eigenvalue weighted by Gasteiger charge is -2.25. The van der Waals surface area contributed by atoms with Crippen LogP contribution in [0, 0.1) is 0 Å². The summed E-state index contributed by atoms with van der Waals surface area (Å²) in [6, 6.07) is 14.0. The van der Waals surface area contributed by atoms with E-state index >= 15 is 0 Å². The molecule has 0 saturated heterocycles. The number of fused-ring (bicyclic) bond motifs is 1. The molecule has 1 aliphatic rings. The summed E-state index contributed by atoms with van der Waals surface area (Å²) < 4.78 is 21.5. The van der Waals surface area contributed by atoms with E-state index in [1.807, 2.05) is 6.07 Å². The van der Waals surface area contributed by atoms with Gasteiger partial charge in [0.2, 0.25) is 6.10 Å². The minimum atomic E-state index is -0.861. The Bertz CT molecular complexity index is 795. The van der Waals surface area contributed by atoms with Crippen molar-refractivity contribution in [3.8, 4) is 23.0 Å². The van der Waals surface area contributed by atoms with Gasteiger partial charge in [0.25, 0.3) is 11.8 Å². The number of hydrogen-bond acceptors (Lipinski definition) is 6. The Morgan fingerprint density at radius 2 is 1.73 bits per heavy atom. The van der Waals surface area contributed by atoms with E-state index in [9.17, 15) is 9.59 Å². The maximum absolute atomic E-state index is 12.1. The van der Waals surface area contributed by atoms with Crippen LogP contribution in [0.5, 0.6) is 23.0 Å². The van der Waals surface area contributed by atoms with Crippen LogP contribution < -0.4 is 29.8 Å². The summed E-state index contributed by atoms with van der Waals surface area (Å²) in [4.78, 5) is 23.9. The van der Waals surface area contributed by atoms with Gasteiger partial charge in [0, 0.05) is 0 Å². The van der Waals surface area contributed by atoms with Gasteiger partial charge in [-0.2, -0.15) is 0 Å². The average Bonchev–Trinajstić information content (AvgIpc) is 2.70. The summed E-state index contributed by atoms with van der Waals surface area (Å²) in [5.74, 6) is 0.940. The molecule has 3 rings (SSSR count).